The molecule has 0 unspecified atom stereocenters. The van der Waals surface area contributed by atoms with Gasteiger partial charge in [0.1, 0.15) is 6.54 Å². The van der Waals surface area contributed by atoms with Crippen molar-refractivity contribution in [2.45, 2.75) is 11.8 Å². The number of amides is 1. The smallest absolute Gasteiger partial charge is 0.328 e. The van der Waals surface area contributed by atoms with Crippen LogP contribution < -0.4 is 9.99 Å². The second kappa shape index (κ2) is 8.03. The lowest BCUT2D eigenvalue weighted by molar-refractivity contribution is -0.127. The van der Waals surface area contributed by atoms with Gasteiger partial charge in [-0.05, 0) is 49.4 Å². The van der Waals surface area contributed by atoms with Gasteiger partial charge in [-0.3, -0.25) is 23.0 Å². The van der Waals surface area contributed by atoms with Crippen LogP contribution in [0.1, 0.15) is 17.3 Å². The van der Waals surface area contributed by atoms with Crippen molar-refractivity contribution in [2.75, 3.05) is 24.9 Å². The van der Waals surface area contributed by atoms with E-state index in [-0.39, 0.29) is 22.1 Å². The molecule has 0 radical (unpaired) electrons. The topological polar surface area (TPSA) is 102 Å². The number of carbonyl (C=O) groups excluding carboxylic acids is 2. The number of hydrogen-bond donors (Lipinski definition) is 0. The SMILES string of the molecule is CC(=O)c1ccc(N(CC(=O)N(C)C)S(=O)(=O)c2ccc3c(c2)n(C)c(=O)n3C)cc1. The Kier molecular flexibility index (Phi) is 5.77. The first-order chi connectivity index (χ1) is 14.4. The molecule has 0 spiro atoms. The molecule has 31 heavy (non-hydrogen) atoms. The van der Waals surface area contributed by atoms with Crippen LogP contribution in [0.5, 0.6) is 0 Å². The van der Waals surface area contributed by atoms with E-state index >= 15 is 0 Å². The second-order valence-corrected chi connectivity index (χ2v) is 9.32. The van der Waals surface area contributed by atoms with E-state index in [4.69, 9.17) is 0 Å². The van der Waals surface area contributed by atoms with Crippen molar-refractivity contribution in [2.24, 2.45) is 14.1 Å². The molecule has 0 saturated carbocycles. The molecule has 2 aromatic carbocycles. The highest BCUT2D eigenvalue weighted by Crippen LogP contribution is 2.26. The summed E-state index contributed by atoms with van der Waals surface area (Å²) in [4.78, 5) is 37.4. The number of carbonyl (C=O) groups is 2. The van der Waals surface area contributed by atoms with E-state index in [1.54, 1.807) is 20.2 Å². The molecule has 1 heterocycles. The van der Waals surface area contributed by atoms with Gasteiger partial charge in [0.2, 0.25) is 5.91 Å². The number of rotatable bonds is 6. The van der Waals surface area contributed by atoms with E-state index in [9.17, 15) is 22.8 Å². The zero-order valence-electron chi connectivity index (χ0n) is 18.0. The molecule has 164 valence electrons. The molecule has 9 nitrogen and oxygen atoms in total. The minimum Gasteiger partial charge on any atom is -0.347 e. The number of aromatic nitrogens is 2. The molecular formula is C21H24N4O5S. The summed E-state index contributed by atoms with van der Waals surface area (Å²) in [5, 5.41) is 0. The molecule has 10 heteroatoms. The number of hydrogen-bond acceptors (Lipinski definition) is 5. The minimum absolute atomic E-state index is 0.0524. The van der Waals surface area contributed by atoms with Gasteiger partial charge in [-0.2, -0.15) is 0 Å². The van der Waals surface area contributed by atoms with Gasteiger partial charge in [0, 0.05) is 33.8 Å². The van der Waals surface area contributed by atoms with E-state index in [1.807, 2.05) is 0 Å². The average molecular weight is 445 g/mol. The molecule has 0 aliphatic rings. The molecule has 0 N–H and O–H groups in total. The summed E-state index contributed by atoms with van der Waals surface area (Å²) in [6, 6.07) is 10.4. The van der Waals surface area contributed by atoms with Crippen molar-refractivity contribution in [1.29, 1.82) is 0 Å². The van der Waals surface area contributed by atoms with E-state index in [0.717, 1.165) is 4.31 Å². The van der Waals surface area contributed by atoms with Gasteiger partial charge in [-0.1, -0.05) is 0 Å². The van der Waals surface area contributed by atoms with Crippen molar-refractivity contribution in [3.05, 3.63) is 58.5 Å². The first-order valence-electron chi connectivity index (χ1n) is 9.44. The van der Waals surface area contributed by atoms with Crippen molar-refractivity contribution in [3.8, 4) is 0 Å². The summed E-state index contributed by atoms with van der Waals surface area (Å²) >= 11 is 0. The van der Waals surface area contributed by atoms with Crippen LogP contribution in [-0.4, -0.2) is 54.8 Å². The lowest BCUT2D eigenvalue weighted by atomic mass is 10.1. The Morgan fingerprint density at radius 2 is 1.52 bits per heavy atom. The van der Waals surface area contributed by atoms with E-state index in [0.29, 0.717) is 16.6 Å². The number of likely N-dealkylation sites (N-methyl/N-ethyl adjacent to an activating group) is 1. The summed E-state index contributed by atoms with van der Waals surface area (Å²) in [5.41, 5.74) is 1.46. The van der Waals surface area contributed by atoms with Crippen molar-refractivity contribution >= 4 is 38.4 Å². The van der Waals surface area contributed by atoms with Gasteiger partial charge in [-0.25, -0.2) is 13.2 Å². The molecule has 0 fully saturated rings. The van der Waals surface area contributed by atoms with Gasteiger partial charge in [0.05, 0.1) is 21.6 Å². The quantitative estimate of drug-likeness (QED) is 0.535. The standard InChI is InChI=1S/C21H24N4O5S/c1-14(26)15-6-8-16(9-7-15)25(13-20(27)22(2)3)31(29,30)17-10-11-18-19(12-17)24(5)21(28)23(18)4/h6-12H,13H2,1-5H3. The first-order valence-corrected chi connectivity index (χ1v) is 10.9. The van der Waals surface area contributed by atoms with Crippen molar-refractivity contribution < 1.29 is 18.0 Å². The highest BCUT2D eigenvalue weighted by atomic mass is 32.2. The highest BCUT2D eigenvalue weighted by Gasteiger charge is 2.28. The highest BCUT2D eigenvalue weighted by molar-refractivity contribution is 7.92. The number of benzene rings is 2. The summed E-state index contributed by atoms with van der Waals surface area (Å²) in [6.45, 7) is 0.999. The number of anilines is 1. The van der Waals surface area contributed by atoms with Gasteiger partial charge >= 0.3 is 5.69 Å². The molecule has 3 rings (SSSR count). The third kappa shape index (κ3) is 3.98. The van der Waals surface area contributed by atoms with E-state index in [2.05, 4.69) is 0 Å². The average Bonchev–Trinajstić information content (AvgIpc) is 2.95. The fourth-order valence-corrected chi connectivity index (χ4v) is 4.65. The number of ketones is 1. The lowest BCUT2D eigenvalue weighted by Gasteiger charge is -2.25. The molecule has 0 atom stereocenters. The second-order valence-electron chi connectivity index (χ2n) is 7.45. The maximum atomic E-state index is 13.6. The minimum atomic E-state index is -4.15. The Morgan fingerprint density at radius 3 is 2.06 bits per heavy atom. The maximum absolute atomic E-state index is 13.6. The Bertz CT molecular complexity index is 1330. The van der Waals surface area contributed by atoms with Gasteiger partial charge in [-0.15, -0.1) is 0 Å². The number of Topliss-reactive ketones (excluding diaryl/α,β-unsaturated/α-hetero) is 1. The van der Waals surface area contributed by atoms with Crippen molar-refractivity contribution in [1.82, 2.24) is 14.0 Å². The van der Waals surface area contributed by atoms with Crippen LogP contribution in [0.3, 0.4) is 0 Å². The number of fused-ring (bicyclic) bond motifs is 1. The molecule has 1 amide bonds. The zero-order valence-corrected chi connectivity index (χ0v) is 18.8. The predicted octanol–water partition coefficient (Wildman–Crippen LogP) is 1.36. The Hall–Kier alpha value is -3.40. The molecule has 0 aliphatic carbocycles. The summed E-state index contributed by atoms with van der Waals surface area (Å²) < 4.78 is 30.9. The van der Waals surface area contributed by atoms with Gasteiger partial charge in [0.25, 0.3) is 10.0 Å². The third-order valence-electron chi connectivity index (χ3n) is 5.17. The monoisotopic (exact) mass is 444 g/mol. The fraction of sp³-hybridized carbons (Fsp3) is 0.286. The Labute approximate surface area is 180 Å². The molecule has 1 aromatic heterocycles. The predicted molar refractivity (Wildman–Crippen MR) is 118 cm³/mol. The van der Waals surface area contributed by atoms with Crippen LogP contribution >= 0.6 is 0 Å². The van der Waals surface area contributed by atoms with Crippen LogP contribution in [0, 0.1) is 0 Å². The van der Waals surface area contributed by atoms with Crippen LogP contribution in [0.15, 0.2) is 52.2 Å². The van der Waals surface area contributed by atoms with Crippen molar-refractivity contribution in [3.63, 3.8) is 0 Å². The van der Waals surface area contributed by atoms with E-state index in [1.165, 1.54) is 71.5 Å². The number of imidazole rings is 1. The largest absolute Gasteiger partial charge is 0.347 e. The van der Waals surface area contributed by atoms with Crippen LogP contribution in [0.2, 0.25) is 0 Å². The molecule has 0 bridgehead atoms. The molecule has 3 aromatic rings. The van der Waals surface area contributed by atoms with Crippen LogP contribution in [-0.2, 0) is 28.9 Å². The Balaban J connectivity index is 2.15. The number of aryl methyl sites for hydroxylation is 2. The molecule has 0 saturated heterocycles. The maximum Gasteiger partial charge on any atom is 0.328 e. The fourth-order valence-electron chi connectivity index (χ4n) is 3.22. The zero-order chi connectivity index (χ0) is 23.1. The molecular weight excluding hydrogens is 420 g/mol. The summed E-state index contributed by atoms with van der Waals surface area (Å²) in [5.74, 6) is -0.562. The van der Waals surface area contributed by atoms with Crippen LogP contribution in [0.25, 0.3) is 11.0 Å². The van der Waals surface area contributed by atoms with Crippen LogP contribution in [0.4, 0.5) is 5.69 Å². The summed E-state index contributed by atoms with van der Waals surface area (Å²) in [6.07, 6.45) is 0. The van der Waals surface area contributed by atoms with Gasteiger partial charge in [0.15, 0.2) is 5.78 Å². The summed E-state index contributed by atoms with van der Waals surface area (Å²) in [7, 11) is 2.10. The Morgan fingerprint density at radius 1 is 0.935 bits per heavy atom. The third-order valence-corrected chi connectivity index (χ3v) is 6.94. The number of sulfonamides is 1. The number of nitrogens with zero attached hydrogens (tertiary/aromatic N) is 4. The molecule has 0 aliphatic heterocycles. The first kappa shape index (κ1) is 22.3. The normalized spacial score (nSPS) is 11.5. The van der Waals surface area contributed by atoms with Gasteiger partial charge < -0.3 is 4.90 Å². The van der Waals surface area contributed by atoms with E-state index < -0.39 is 22.5 Å². The lowest BCUT2D eigenvalue weighted by Crippen LogP contribution is -2.40.